The van der Waals surface area contributed by atoms with E-state index in [0.29, 0.717) is 11.5 Å². The first-order chi connectivity index (χ1) is 20.7. The summed E-state index contributed by atoms with van der Waals surface area (Å²) in [7, 11) is 0.0851. The number of fused-ring (bicyclic) bond motifs is 1. The van der Waals surface area contributed by atoms with Gasteiger partial charge in [-0.1, -0.05) is 91.0 Å². The normalized spacial score (nSPS) is 26.2. The Labute approximate surface area is 248 Å². The summed E-state index contributed by atoms with van der Waals surface area (Å²) in [6, 6.07) is 36.8. The van der Waals surface area contributed by atoms with Gasteiger partial charge in [-0.25, -0.2) is 0 Å². The maximum absolute atomic E-state index is 14.0. The van der Waals surface area contributed by atoms with Gasteiger partial charge in [0.25, 0.3) is 0 Å². The summed E-state index contributed by atoms with van der Waals surface area (Å²) in [6.07, 6.45) is -2.89. The molecular formula is C34H34O7S. The van der Waals surface area contributed by atoms with E-state index in [1.54, 1.807) is 7.11 Å². The molecule has 4 aromatic carbocycles. The average molecular weight is 587 g/mol. The number of rotatable bonds is 10. The van der Waals surface area contributed by atoms with Crippen molar-refractivity contribution in [1.82, 2.24) is 0 Å². The van der Waals surface area contributed by atoms with Crippen molar-refractivity contribution in [3.8, 4) is 5.75 Å². The third-order valence-electron chi connectivity index (χ3n) is 7.43. The van der Waals surface area contributed by atoms with E-state index < -0.39 is 46.9 Å². The van der Waals surface area contributed by atoms with Crippen LogP contribution in [0.15, 0.2) is 120 Å². The van der Waals surface area contributed by atoms with Crippen LogP contribution in [0.25, 0.3) is 0 Å². The Hall–Kier alpha value is -3.37. The van der Waals surface area contributed by atoms with Gasteiger partial charge >= 0.3 is 0 Å². The molecular weight excluding hydrogens is 552 g/mol. The zero-order valence-electron chi connectivity index (χ0n) is 23.3. The first-order valence-corrected chi connectivity index (χ1v) is 15.2. The van der Waals surface area contributed by atoms with Crippen molar-refractivity contribution < 1.29 is 32.6 Å². The zero-order valence-corrected chi connectivity index (χ0v) is 24.1. The lowest BCUT2D eigenvalue weighted by atomic mass is 9.98. The van der Waals surface area contributed by atoms with Gasteiger partial charge in [-0.2, -0.15) is 0 Å². The van der Waals surface area contributed by atoms with Gasteiger partial charge in [-0.15, -0.1) is 0 Å². The average Bonchev–Trinajstić information content (AvgIpc) is 3.07. The van der Waals surface area contributed by atoms with Gasteiger partial charge in [-0.3, -0.25) is 4.21 Å². The standard InChI is InChI=1S/C34H34O7S/c1-36-27-19-17-25(18-20-27)22-38-32-31(37-21-24-11-5-2-6-12-24)30-29(23-39-33(41-30)26-13-7-3-8-14-26)40-34(32)42(35)28-15-9-4-10-16-28/h2-20,29-34H,21-23H2,1H3/t29-,30-,31+,32+,33-,34-,42?/m1/s1. The highest BCUT2D eigenvalue weighted by molar-refractivity contribution is 7.85. The molecule has 2 fully saturated rings. The van der Waals surface area contributed by atoms with Crippen molar-refractivity contribution in [2.75, 3.05) is 13.7 Å². The molecule has 4 aromatic rings. The van der Waals surface area contributed by atoms with Crippen LogP contribution < -0.4 is 4.74 Å². The molecule has 7 nitrogen and oxygen atoms in total. The Morgan fingerprint density at radius 1 is 0.714 bits per heavy atom. The Balaban J connectivity index is 1.32. The van der Waals surface area contributed by atoms with Gasteiger partial charge in [0.1, 0.15) is 30.2 Å². The minimum atomic E-state index is -1.55. The quantitative estimate of drug-likeness (QED) is 0.232. The van der Waals surface area contributed by atoms with Crippen molar-refractivity contribution in [2.45, 2.75) is 54.3 Å². The molecule has 0 radical (unpaired) electrons. The van der Waals surface area contributed by atoms with Crippen LogP contribution in [-0.2, 0) is 47.7 Å². The van der Waals surface area contributed by atoms with Crippen molar-refractivity contribution in [3.63, 3.8) is 0 Å². The molecule has 7 atom stereocenters. The SMILES string of the molecule is COc1ccc(CO[C@H]2[C@@H](OCc3ccccc3)[C@@H]3O[C@H](c4ccccc4)OC[C@H]3O[C@@H]2S(=O)c2ccccc2)cc1. The van der Waals surface area contributed by atoms with Gasteiger partial charge in [0.05, 0.1) is 37.7 Å². The summed E-state index contributed by atoms with van der Waals surface area (Å²) in [5.74, 6) is 0.761. The fraction of sp³-hybridized carbons (Fsp3) is 0.294. The third-order valence-corrected chi connectivity index (χ3v) is 8.97. The van der Waals surface area contributed by atoms with Crippen molar-refractivity contribution in [3.05, 3.63) is 132 Å². The third kappa shape index (κ3) is 6.65. The second-order valence-corrected chi connectivity index (χ2v) is 11.7. The molecule has 2 heterocycles. The zero-order chi connectivity index (χ0) is 28.7. The second kappa shape index (κ2) is 13.7. The summed E-state index contributed by atoms with van der Waals surface area (Å²) >= 11 is 0. The molecule has 8 heteroatoms. The first-order valence-electron chi connectivity index (χ1n) is 14.0. The predicted molar refractivity (Wildman–Crippen MR) is 158 cm³/mol. The van der Waals surface area contributed by atoms with Crippen LogP contribution >= 0.6 is 0 Å². The van der Waals surface area contributed by atoms with Crippen molar-refractivity contribution >= 4 is 10.8 Å². The summed E-state index contributed by atoms with van der Waals surface area (Å²) in [6.45, 7) is 0.868. The summed E-state index contributed by atoms with van der Waals surface area (Å²) < 4.78 is 51.8. The number of ether oxygens (including phenoxy) is 6. The van der Waals surface area contributed by atoms with Crippen LogP contribution in [0, 0.1) is 0 Å². The predicted octanol–water partition coefficient (Wildman–Crippen LogP) is 5.81. The topological polar surface area (TPSA) is 72.5 Å². The lowest BCUT2D eigenvalue weighted by Crippen LogP contribution is -2.63. The van der Waals surface area contributed by atoms with Crippen molar-refractivity contribution in [2.24, 2.45) is 0 Å². The molecule has 0 aromatic heterocycles. The molecule has 0 N–H and O–H groups in total. The van der Waals surface area contributed by atoms with Crippen LogP contribution in [0.1, 0.15) is 23.0 Å². The van der Waals surface area contributed by atoms with Crippen LogP contribution in [0.4, 0.5) is 0 Å². The maximum Gasteiger partial charge on any atom is 0.184 e. The molecule has 0 saturated carbocycles. The van der Waals surface area contributed by atoms with E-state index in [-0.39, 0.29) is 13.2 Å². The van der Waals surface area contributed by atoms with Gasteiger partial charge in [0.2, 0.25) is 0 Å². The molecule has 6 rings (SSSR count). The van der Waals surface area contributed by atoms with E-state index in [1.807, 2.05) is 115 Å². The summed E-state index contributed by atoms with van der Waals surface area (Å²) in [5.41, 5.74) is 2.05. The van der Waals surface area contributed by atoms with E-state index in [2.05, 4.69) is 0 Å². The summed E-state index contributed by atoms with van der Waals surface area (Å²) in [5, 5.41) is 0. The van der Waals surface area contributed by atoms with Crippen LogP contribution in [-0.4, -0.2) is 47.8 Å². The molecule has 2 saturated heterocycles. The van der Waals surface area contributed by atoms with Gasteiger partial charge < -0.3 is 28.4 Å². The minimum Gasteiger partial charge on any atom is -0.497 e. The highest BCUT2D eigenvalue weighted by atomic mass is 32.2. The molecule has 2 aliphatic heterocycles. The molecule has 0 amide bonds. The number of hydrogen-bond donors (Lipinski definition) is 0. The molecule has 1 unspecified atom stereocenters. The largest absolute Gasteiger partial charge is 0.497 e. The number of methoxy groups -OCH3 is 1. The fourth-order valence-corrected chi connectivity index (χ4v) is 6.65. The number of hydrogen-bond acceptors (Lipinski definition) is 7. The monoisotopic (exact) mass is 586 g/mol. The van der Waals surface area contributed by atoms with Gasteiger partial charge in [-0.05, 0) is 35.4 Å². The molecule has 0 bridgehead atoms. The molecule has 218 valence electrons. The molecule has 0 spiro atoms. The number of benzene rings is 4. The second-order valence-electron chi connectivity index (χ2n) is 10.2. The highest BCUT2D eigenvalue weighted by Crippen LogP contribution is 2.38. The van der Waals surface area contributed by atoms with E-state index in [1.165, 1.54) is 0 Å². The Morgan fingerprint density at radius 3 is 1.98 bits per heavy atom. The van der Waals surface area contributed by atoms with E-state index in [0.717, 1.165) is 22.4 Å². The smallest absolute Gasteiger partial charge is 0.184 e. The van der Waals surface area contributed by atoms with E-state index >= 15 is 0 Å². The highest BCUT2D eigenvalue weighted by Gasteiger charge is 2.53. The Morgan fingerprint density at radius 2 is 1.31 bits per heavy atom. The fourth-order valence-electron chi connectivity index (χ4n) is 5.23. The van der Waals surface area contributed by atoms with Crippen LogP contribution in [0.5, 0.6) is 5.75 Å². The lowest BCUT2D eigenvalue weighted by molar-refractivity contribution is -0.330. The summed E-state index contributed by atoms with van der Waals surface area (Å²) in [4.78, 5) is 0.653. The first kappa shape index (κ1) is 28.7. The minimum absolute atomic E-state index is 0.266. The van der Waals surface area contributed by atoms with E-state index in [9.17, 15) is 4.21 Å². The van der Waals surface area contributed by atoms with Crippen LogP contribution in [0.3, 0.4) is 0 Å². The van der Waals surface area contributed by atoms with Crippen LogP contribution in [0.2, 0.25) is 0 Å². The Kier molecular flexibility index (Phi) is 9.40. The lowest BCUT2D eigenvalue weighted by Gasteiger charge is -2.49. The molecule has 2 aliphatic rings. The van der Waals surface area contributed by atoms with E-state index in [4.69, 9.17) is 28.4 Å². The maximum atomic E-state index is 14.0. The molecule has 42 heavy (non-hydrogen) atoms. The van der Waals surface area contributed by atoms with Gasteiger partial charge in [0, 0.05) is 10.5 Å². The molecule has 0 aliphatic carbocycles. The Bertz CT molecular complexity index is 1420. The van der Waals surface area contributed by atoms with Crippen molar-refractivity contribution in [1.29, 1.82) is 0 Å². The van der Waals surface area contributed by atoms with Gasteiger partial charge in [0.15, 0.2) is 11.7 Å².